The number of benzene rings is 3. The summed E-state index contributed by atoms with van der Waals surface area (Å²) < 4.78 is 11.1. The first-order valence-electron chi connectivity index (χ1n) is 13.3. The van der Waals surface area contributed by atoms with E-state index in [-0.39, 0.29) is 22.7 Å². The SMILES string of the molecule is Cc1ccc(C(=O)Oc2ccc(C3Nc4sc(-c5ccc(OC(=O)C6=CCC(C)(C)C=C6)cc5)nc4S3)cc2)cc1. The van der Waals surface area contributed by atoms with Crippen LogP contribution < -0.4 is 14.8 Å². The number of rotatable bonds is 6. The van der Waals surface area contributed by atoms with Gasteiger partial charge >= 0.3 is 11.9 Å². The molecule has 0 fully saturated rings. The molecule has 0 saturated carbocycles. The second kappa shape index (κ2) is 11.0. The highest BCUT2D eigenvalue weighted by Gasteiger charge is 2.28. The van der Waals surface area contributed by atoms with Gasteiger partial charge in [-0.05, 0) is 72.9 Å². The van der Waals surface area contributed by atoms with Crippen molar-refractivity contribution < 1.29 is 19.1 Å². The smallest absolute Gasteiger partial charge is 0.343 e. The topological polar surface area (TPSA) is 77.5 Å². The summed E-state index contributed by atoms with van der Waals surface area (Å²) in [6.07, 6.45) is 6.63. The van der Waals surface area contributed by atoms with E-state index in [1.165, 1.54) is 0 Å². The number of aryl methyl sites for hydroxylation is 1. The molecule has 6 rings (SSSR count). The van der Waals surface area contributed by atoms with Gasteiger partial charge in [0.1, 0.15) is 31.9 Å². The van der Waals surface area contributed by atoms with Crippen LogP contribution in [0.1, 0.15) is 47.1 Å². The molecule has 1 atom stereocenters. The molecule has 1 aromatic heterocycles. The summed E-state index contributed by atoms with van der Waals surface area (Å²) in [5.74, 6) is 0.283. The van der Waals surface area contributed by atoms with E-state index in [4.69, 9.17) is 14.5 Å². The summed E-state index contributed by atoms with van der Waals surface area (Å²) >= 11 is 3.24. The van der Waals surface area contributed by atoms with E-state index in [0.29, 0.717) is 22.6 Å². The van der Waals surface area contributed by atoms with Crippen LogP contribution in [-0.2, 0) is 4.79 Å². The van der Waals surface area contributed by atoms with E-state index >= 15 is 0 Å². The highest BCUT2D eigenvalue weighted by Crippen LogP contribution is 2.50. The van der Waals surface area contributed by atoms with E-state index in [2.05, 4.69) is 19.2 Å². The summed E-state index contributed by atoms with van der Waals surface area (Å²) in [5, 5.41) is 6.41. The Labute approximate surface area is 247 Å². The van der Waals surface area contributed by atoms with Gasteiger partial charge in [0.25, 0.3) is 0 Å². The van der Waals surface area contributed by atoms with Gasteiger partial charge in [0.15, 0.2) is 0 Å². The number of anilines is 1. The zero-order valence-electron chi connectivity index (χ0n) is 22.8. The van der Waals surface area contributed by atoms with Gasteiger partial charge in [-0.2, -0.15) is 0 Å². The predicted octanol–water partition coefficient (Wildman–Crippen LogP) is 8.37. The molecule has 206 valence electrons. The van der Waals surface area contributed by atoms with Crippen LogP contribution in [0.3, 0.4) is 0 Å². The van der Waals surface area contributed by atoms with Crippen LogP contribution in [0.25, 0.3) is 10.6 Å². The van der Waals surface area contributed by atoms with Crippen molar-refractivity contribution in [3.05, 3.63) is 113 Å². The standard InChI is InChI=1S/C33H28N2O4S2/c1-20-4-6-23(7-5-20)31(36)38-25-12-8-21(9-13-25)27-34-29-30(40-27)35-28(41-29)22-10-14-26(15-11-22)39-32(37)24-16-18-33(2,3)19-17-24/h4-18,27,34H,19H2,1-3H3. The molecular weight excluding hydrogens is 553 g/mol. The molecule has 1 unspecified atom stereocenters. The Kier molecular flexibility index (Phi) is 7.28. The third kappa shape index (κ3) is 6.14. The first-order chi connectivity index (χ1) is 19.7. The molecule has 0 radical (unpaired) electrons. The fourth-order valence-corrected chi connectivity index (χ4v) is 6.68. The second-order valence-electron chi connectivity index (χ2n) is 10.7. The molecule has 6 nitrogen and oxygen atoms in total. The minimum absolute atomic E-state index is 0.0233. The lowest BCUT2D eigenvalue weighted by molar-refractivity contribution is -0.129. The van der Waals surface area contributed by atoms with Gasteiger partial charge in [-0.25, -0.2) is 14.6 Å². The number of carbonyl (C=O) groups is 2. The van der Waals surface area contributed by atoms with Crippen LogP contribution >= 0.6 is 23.1 Å². The van der Waals surface area contributed by atoms with Crippen molar-refractivity contribution in [1.82, 2.24) is 4.98 Å². The zero-order valence-corrected chi connectivity index (χ0v) is 24.5. The number of fused-ring (bicyclic) bond motifs is 1. The lowest BCUT2D eigenvalue weighted by atomic mass is 9.84. The second-order valence-corrected chi connectivity index (χ2v) is 12.8. The third-order valence-corrected chi connectivity index (χ3v) is 9.19. The van der Waals surface area contributed by atoms with Crippen LogP contribution in [0, 0.1) is 12.3 Å². The number of thiazole rings is 1. The number of aromatic nitrogens is 1. The largest absolute Gasteiger partial charge is 0.423 e. The fourth-order valence-electron chi connectivity index (χ4n) is 4.39. The number of ether oxygens (including phenoxy) is 2. The average Bonchev–Trinajstić information content (AvgIpc) is 3.54. The maximum atomic E-state index is 12.5. The van der Waals surface area contributed by atoms with E-state index < -0.39 is 0 Å². The first-order valence-corrected chi connectivity index (χ1v) is 15.0. The van der Waals surface area contributed by atoms with Crippen LogP contribution in [-0.4, -0.2) is 16.9 Å². The van der Waals surface area contributed by atoms with Gasteiger partial charge in [-0.15, -0.1) is 0 Å². The molecule has 0 spiro atoms. The highest BCUT2D eigenvalue weighted by atomic mass is 32.2. The van der Waals surface area contributed by atoms with Crippen molar-refractivity contribution in [1.29, 1.82) is 0 Å². The highest BCUT2D eigenvalue weighted by molar-refractivity contribution is 8.00. The van der Waals surface area contributed by atoms with E-state index in [1.807, 2.05) is 73.7 Å². The minimum atomic E-state index is -0.376. The molecule has 4 aromatic rings. The van der Waals surface area contributed by atoms with E-state index in [0.717, 1.165) is 38.1 Å². The molecule has 2 aliphatic rings. The van der Waals surface area contributed by atoms with Gasteiger partial charge in [-0.1, -0.05) is 85.0 Å². The van der Waals surface area contributed by atoms with Crippen LogP contribution in [0.15, 0.2) is 102 Å². The Morgan fingerprint density at radius 3 is 2.20 bits per heavy atom. The molecule has 0 bridgehead atoms. The quantitative estimate of drug-likeness (QED) is 0.181. The van der Waals surface area contributed by atoms with Crippen molar-refractivity contribution >= 4 is 40.0 Å². The number of esters is 2. The molecule has 3 aromatic carbocycles. The first kappa shape index (κ1) is 27.1. The number of thioether (sulfide) groups is 1. The Balaban J connectivity index is 1.05. The maximum Gasteiger partial charge on any atom is 0.343 e. The van der Waals surface area contributed by atoms with Crippen molar-refractivity contribution in [3.63, 3.8) is 0 Å². The maximum absolute atomic E-state index is 12.5. The number of allylic oxidation sites excluding steroid dienone is 2. The van der Waals surface area contributed by atoms with E-state index in [9.17, 15) is 9.59 Å². The summed E-state index contributed by atoms with van der Waals surface area (Å²) in [7, 11) is 0. The Bertz CT molecular complexity index is 1640. The van der Waals surface area contributed by atoms with Crippen LogP contribution in [0.4, 0.5) is 5.00 Å². The molecule has 41 heavy (non-hydrogen) atoms. The van der Waals surface area contributed by atoms with Crippen molar-refractivity contribution in [2.24, 2.45) is 5.41 Å². The molecule has 0 saturated heterocycles. The molecule has 0 amide bonds. The molecule has 1 aliphatic carbocycles. The molecule has 2 heterocycles. The molecule has 8 heteroatoms. The average molecular weight is 581 g/mol. The molecule has 1 N–H and O–H groups in total. The Morgan fingerprint density at radius 1 is 0.902 bits per heavy atom. The monoisotopic (exact) mass is 580 g/mol. The summed E-state index contributed by atoms with van der Waals surface area (Å²) in [5.41, 5.74) is 4.29. The Hall–Kier alpha value is -4.14. The van der Waals surface area contributed by atoms with Crippen molar-refractivity contribution in [3.8, 4) is 22.1 Å². The van der Waals surface area contributed by atoms with Crippen LogP contribution in [0.2, 0.25) is 0 Å². The fraction of sp³-hybridized carbons (Fsp3) is 0.182. The van der Waals surface area contributed by atoms with Gasteiger partial charge in [0, 0.05) is 5.56 Å². The minimum Gasteiger partial charge on any atom is -0.423 e. The third-order valence-electron chi connectivity index (χ3n) is 6.88. The van der Waals surface area contributed by atoms with Crippen LogP contribution in [0.5, 0.6) is 11.5 Å². The summed E-state index contributed by atoms with van der Waals surface area (Å²) in [4.78, 5) is 29.8. The van der Waals surface area contributed by atoms with Crippen molar-refractivity contribution in [2.75, 3.05) is 5.32 Å². The predicted molar refractivity (Wildman–Crippen MR) is 164 cm³/mol. The molecule has 1 aliphatic heterocycles. The summed E-state index contributed by atoms with van der Waals surface area (Å²) in [6, 6.07) is 22.3. The number of carbonyl (C=O) groups excluding carboxylic acids is 2. The number of nitrogens with one attached hydrogen (secondary N) is 1. The lowest BCUT2D eigenvalue weighted by Crippen LogP contribution is -2.16. The zero-order chi connectivity index (χ0) is 28.6. The molecular formula is C33H28N2O4S2. The lowest BCUT2D eigenvalue weighted by Gasteiger charge is -2.21. The number of hydrogen-bond acceptors (Lipinski definition) is 8. The Morgan fingerprint density at radius 2 is 1.56 bits per heavy atom. The van der Waals surface area contributed by atoms with Gasteiger partial charge in [0.05, 0.1) is 11.1 Å². The summed E-state index contributed by atoms with van der Waals surface area (Å²) in [6.45, 7) is 6.24. The van der Waals surface area contributed by atoms with Gasteiger partial charge < -0.3 is 14.8 Å². The van der Waals surface area contributed by atoms with Gasteiger partial charge in [-0.3, -0.25) is 0 Å². The number of hydrogen-bond donors (Lipinski definition) is 1. The normalized spacial score (nSPS) is 16.9. The van der Waals surface area contributed by atoms with Crippen molar-refractivity contribution in [2.45, 2.75) is 37.6 Å². The van der Waals surface area contributed by atoms with Gasteiger partial charge in [0.2, 0.25) is 0 Å². The van der Waals surface area contributed by atoms with E-state index in [1.54, 1.807) is 47.4 Å². The number of nitrogens with zero attached hydrogens (tertiary/aromatic N) is 1.